The Hall–Kier alpha value is -0.870. The summed E-state index contributed by atoms with van der Waals surface area (Å²) in [6.45, 7) is 14.7. The molecule has 1 aromatic rings. The van der Waals surface area contributed by atoms with Crippen LogP contribution in [0.25, 0.3) is 0 Å². The van der Waals surface area contributed by atoms with Gasteiger partial charge >= 0.3 is 0 Å². The molecule has 1 unspecified atom stereocenters. The first kappa shape index (κ1) is 27.1. The molecule has 28 heavy (non-hydrogen) atoms. The molecule has 1 rings (SSSR count). The van der Waals surface area contributed by atoms with Crippen molar-refractivity contribution in [1.29, 1.82) is 0 Å². The zero-order valence-electron chi connectivity index (χ0n) is 18.5. The maximum absolute atomic E-state index is 5.58. The van der Waals surface area contributed by atoms with Gasteiger partial charge in [-0.05, 0) is 46.1 Å². The summed E-state index contributed by atoms with van der Waals surface area (Å²) in [4.78, 5) is 4.60. The molecular weight excluding hydrogens is 469 g/mol. The minimum Gasteiger partial charge on any atom is -0.379 e. The topological polar surface area (TPSA) is 72.7 Å². The van der Waals surface area contributed by atoms with Crippen molar-refractivity contribution >= 4 is 29.9 Å². The lowest BCUT2D eigenvalue weighted by atomic mass is 10.1. The monoisotopic (exact) mass is 509 g/mol. The average Bonchev–Trinajstić information content (AvgIpc) is 2.86. The van der Waals surface area contributed by atoms with Gasteiger partial charge < -0.3 is 20.1 Å². The third-order valence-corrected chi connectivity index (χ3v) is 4.42. The second kappa shape index (κ2) is 16.0. The van der Waals surface area contributed by atoms with Gasteiger partial charge in [0.05, 0.1) is 32.1 Å². The Morgan fingerprint density at radius 3 is 2.39 bits per heavy atom. The van der Waals surface area contributed by atoms with Crippen LogP contribution in [0, 0.1) is 13.8 Å². The number of guanidine groups is 1. The zero-order chi connectivity index (χ0) is 20.1. The van der Waals surface area contributed by atoms with E-state index in [0.29, 0.717) is 26.4 Å². The lowest BCUT2D eigenvalue weighted by molar-refractivity contribution is 0.0497. The van der Waals surface area contributed by atoms with Gasteiger partial charge in [0.15, 0.2) is 5.96 Å². The highest BCUT2D eigenvalue weighted by molar-refractivity contribution is 14.0. The summed E-state index contributed by atoms with van der Waals surface area (Å²) in [5.74, 6) is 0.826. The minimum absolute atomic E-state index is 0. The van der Waals surface area contributed by atoms with Crippen LogP contribution < -0.4 is 10.6 Å². The number of hydrogen-bond acceptors (Lipinski definition) is 4. The highest BCUT2D eigenvalue weighted by atomic mass is 127. The fourth-order valence-corrected chi connectivity index (χ4v) is 2.81. The van der Waals surface area contributed by atoms with E-state index in [1.807, 2.05) is 11.7 Å². The lowest BCUT2D eigenvalue weighted by Crippen LogP contribution is -2.43. The molecule has 0 aliphatic heterocycles. The summed E-state index contributed by atoms with van der Waals surface area (Å²) in [6, 6.07) is 0.261. The van der Waals surface area contributed by atoms with Gasteiger partial charge in [-0.3, -0.25) is 9.67 Å². The van der Waals surface area contributed by atoms with E-state index in [1.54, 1.807) is 0 Å². The molecule has 0 radical (unpaired) electrons. The largest absolute Gasteiger partial charge is 0.379 e. The predicted molar refractivity (Wildman–Crippen MR) is 127 cm³/mol. The van der Waals surface area contributed by atoms with Crippen LogP contribution in [-0.2, 0) is 22.9 Å². The molecular formula is C20H40IN5O2. The Bertz CT molecular complexity index is 563. The molecule has 0 aliphatic carbocycles. The van der Waals surface area contributed by atoms with Crippen LogP contribution in [0.5, 0.6) is 0 Å². The van der Waals surface area contributed by atoms with E-state index in [0.717, 1.165) is 44.1 Å². The highest BCUT2D eigenvalue weighted by Gasteiger charge is 2.13. The van der Waals surface area contributed by atoms with E-state index < -0.39 is 0 Å². The van der Waals surface area contributed by atoms with Crippen LogP contribution in [0.4, 0.5) is 0 Å². The van der Waals surface area contributed by atoms with Crippen molar-refractivity contribution < 1.29 is 9.47 Å². The Morgan fingerprint density at radius 2 is 1.82 bits per heavy atom. The molecule has 1 atom stereocenters. The van der Waals surface area contributed by atoms with Crippen LogP contribution in [-0.4, -0.2) is 61.3 Å². The number of nitrogens with one attached hydrogen (secondary N) is 2. The van der Waals surface area contributed by atoms with Crippen LogP contribution in [0.2, 0.25) is 0 Å². The van der Waals surface area contributed by atoms with Crippen molar-refractivity contribution in [1.82, 2.24) is 20.4 Å². The molecule has 164 valence electrons. The van der Waals surface area contributed by atoms with Crippen molar-refractivity contribution in [2.45, 2.75) is 59.9 Å². The van der Waals surface area contributed by atoms with Gasteiger partial charge in [-0.1, -0.05) is 13.3 Å². The molecule has 0 saturated carbocycles. The van der Waals surface area contributed by atoms with E-state index in [2.05, 4.69) is 55.3 Å². The number of nitrogens with zero attached hydrogens (tertiary/aromatic N) is 3. The molecule has 2 N–H and O–H groups in total. The van der Waals surface area contributed by atoms with E-state index in [4.69, 9.17) is 9.47 Å². The first-order chi connectivity index (χ1) is 13.0. The van der Waals surface area contributed by atoms with Gasteiger partial charge in [0.2, 0.25) is 0 Å². The Labute approximate surface area is 188 Å². The number of hydrogen-bond donors (Lipinski definition) is 2. The average molecular weight is 509 g/mol. The predicted octanol–water partition coefficient (Wildman–Crippen LogP) is 2.97. The van der Waals surface area contributed by atoms with E-state index in [-0.39, 0.29) is 30.0 Å². The van der Waals surface area contributed by atoms with Crippen molar-refractivity contribution in [3.8, 4) is 0 Å². The number of aromatic nitrogens is 2. The summed E-state index contributed by atoms with van der Waals surface area (Å²) in [7, 11) is 1.99. The summed E-state index contributed by atoms with van der Waals surface area (Å²) in [6.07, 6.45) is 3.19. The van der Waals surface area contributed by atoms with Crippen molar-refractivity contribution in [2.24, 2.45) is 12.0 Å². The van der Waals surface area contributed by atoms with Gasteiger partial charge in [-0.25, -0.2) is 0 Å². The van der Waals surface area contributed by atoms with Crippen molar-refractivity contribution in [3.05, 3.63) is 17.0 Å². The third-order valence-electron chi connectivity index (χ3n) is 4.42. The number of aliphatic imine (C=N–C) groups is 1. The van der Waals surface area contributed by atoms with Crippen LogP contribution in [0.1, 0.15) is 50.6 Å². The summed E-state index contributed by atoms with van der Waals surface area (Å²) < 4.78 is 13.0. The van der Waals surface area contributed by atoms with E-state index in [9.17, 15) is 0 Å². The fourth-order valence-electron chi connectivity index (χ4n) is 2.81. The van der Waals surface area contributed by atoms with Crippen LogP contribution in [0.3, 0.4) is 0 Å². The number of halogens is 1. The first-order valence-electron chi connectivity index (χ1n) is 10.2. The van der Waals surface area contributed by atoms with E-state index in [1.165, 1.54) is 11.3 Å². The van der Waals surface area contributed by atoms with Crippen molar-refractivity contribution in [3.63, 3.8) is 0 Å². The third kappa shape index (κ3) is 10.6. The number of unbranched alkanes of at least 4 members (excludes halogenated alkanes) is 1. The molecule has 0 saturated heterocycles. The van der Waals surface area contributed by atoms with Gasteiger partial charge in [0.25, 0.3) is 0 Å². The molecule has 0 bridgehead atoms. The molecule has 0 fully saturated rings. The SMILES string of the molecule is CCCCOCCOCCN=C(NCC)NC(C)Cc1c(C)nn(C)c1C.I. The standard InChI is InChI=1S/C20H39N5O2.HI/c1-7-9-11-26-13-14-27-12-10-22-20(21-8-2)23-16(3)15-19-17(4)24-25(6)18(19)5;/h16H,7-15H2,1-6H3,(H2,21,22,23);1H. The summed E-state index contributed by atoms with van der Waals surface area (Å²) in [5.41, 5.74) is 3.62. The maximum atomic E-state index is 5.58. The Balaban J connectivity index is 0.00000729. The zero-order valence-corrected chi connectivity index (χ0v) is 20.8. The second-order valence-electron chi connectivity index (χ2n) is 6.86. The maximum Gasteiger partial charge on any atom is 0.191 e. The fraction of sp³-hybridized carbons (Fsp3) is 0.800. The molecule has 0 spiro atoms. The summed E-state index contributed by atoms with van der Waals surface area (Å²) >= 11 is 0. The molecule has 1 heterocycles. The Morgan fingerprint density at radius 1 is 1.14 bits per heavy atom. The molecule has 0 aromatic carbocycles. The molecule has 7 nitrogen and oxygen atoms in total. The molecule has 0 aliphatic rings. The van der Waals surface area contributed by atoms with Crippen LogP contribution >= 0.6 is 24.0 Å². The van der Waals surface area contributed by atoms with Gasteiger partial charge in [0.1, 0.15) is 0 Å². The molecule has 1 aromatic heterocycles. The number of rotatable bonds is 13. The lowest BCUT2D eigenvalue weighted by Gasteiger charge is -2.18. The van der Waals surface area contributed by atoms with Crippen LogP contribution in [0.15, 0.2) is 4.99 Å². The summed E-state index contributed by atoms with van der Waals surface area (Å²) in [5, 5.41) is 11.3. The van der Waals surface area contributed by atoms with E-state index >= 15 is 0 Å². The molecule has 8 heteroatoms. The minimum atomic E-state index is 0. The number of ether oxygens (including phenoxy) is 2. The van der Waals surface area contributed by atoms with Gasteiger partial charge in [-0.15, -0.1) is 24.0 Å². The first-order valence-corrected chi connectivity index (χ1v) is 10.2. The van der Waals surface area contributed by atoms with Gasteiger partial charge in [-0.2, -0.15) is 5.10 Å². The van der Waals surface area contributed by atoms with Crippen molar-refractivity contribution in [2.75, 3.05) is 39.5 Å². The number of aryl methyl sites for hydroxylation is 2. The van der Waals surface area contributed by atoms with Gasteiger partial charge in [0, 0.05) is 31.9 Å². The normalized spacial score (nSPS) is 12.6. The quantitative estimate of drug-likeness (QED) is 0.185. The Kier molecular flexibility index (Phi) is 15.5. The molecule has 0 amide bonds. The highest BCUT2D eigenvalue weighted by Crippen LogP contribution is 2.14. The second-order valence-corrected chi connectivity index (χ2v) is 6.86. The smallest absolute Gasteiger partial charge is 0.191 e.